The first-order valence-electron chi connectivity index (χ1n) is 11.3. The Morgan fingerprint density at radius 1 is 1.03 bits per heavy atom. The smallest absolute Gasteiger partial charge is 0.253 e. The number of nitrogens with zero attached hydrogens (tertiary/aromatic N) is 3. The largest absolute Gasteiger partial charge is 0.493 e. The first-order valence-corrected chi connectivity index (χ1v) is 12.2. The Morgan fingerprint density at radius 2 is 1.76 bits per heavy atom. The maximum Gasteiger partial charge on any atom is 0.253 e. The van der Waals surface area contributed by atoms with Gasteiger partial charge in [-0.15, -0.1) is 11.3 Å². The molecule has 0 radical (unpaired) electrons. The summed E-state index contributed by atoms with van der Waals surface area (Å²) in [5, 5.41) is 3.08. The van der Waals surface area contributed by atoms with Gasteiger partial charge in [0.05, 0.1) is 19.4 Å². The minimum atomic E-state index is 0.127. The van der Waals surface area contributed by atoms with Gasteiger partial charge in [0, 0.05) is 49.2 Å². The number of aromatic nitrogens is 1. The van der Waals surface area contributed by atoms with Crippen LogP contribution in [0.15, 0.2) is 41.8 Å². The Bertz CT molecular complexity index is 1100. The van der Waals surface area contributed by atoms with Crippen LogP contribution in [0.3, 0.4) is 0 Å². The molecule has 1 aromatic heterocycles. The molecule has 0 N–H and O–H groups in total. The Morgan fingerprint density at radius 3 is 2.42 bits per heavy atom. The van der Waals surface area contributed by atoms with Gasteiger partial charge in [0.2, 0.25) is 0 Å². The maximum atomic E-state index is 12.9. The number of hydrogen-bond donors (Lipinski definition) is 0. The number of piperazine rings is 1. The Balaban J connectivity index is 1.36. The molecule has 2 heterocycles. The van der Waals surface area contributed by atoms with Crippen LogP contribution in [0.1, 0.15) is 34.1 Å². The fraction of sp³-hybridized carbons (Fsp3) is 0.385. The molecule has 0 unspecified atom stereocenters. The minimum Gasteiger partial charge on any atom is -0.493 e. The number of ether oxygens (including phenoxy) is 2. The van der Waals surface area contributed by atoms with Crippen LogP contribution in [0.4, 0.5) is 0 Å². The maximum absolute atomic E-state index is 12.9. The number of hydrogen-bond acceptors (Lipinski definition) is 6. The summed E-state index contributed by atoms with van der Waals surface area (Å²) in [6.07, 6.45) is 0. The second-order valence-corrected chi connectivity index (χ2v) is 9.25. The van der Waals surface area contributed by atoms with Crippen LogP contribution in [0.5, 0.6) is 11.5 Å². The van der Waals surface area contributed by atoms with E-state index < -0.39 is 0 Å². The molecular formula is C26H31N3O3S. The number of aryl methyl sites for hydroxylation is 2. The van der Waals surface area contributed by atoms with Crippen molar-refractivity contribution < 1.29 is 14.3 Å². The lowest BCUT2D eigenvalue weighted by molar-refractivity contribution is 0.0627. The molecule has 1 saturated heterocycles. The van der Waals surface area contributed by atoms with E-state index in [0.29, 0.717) is 6.61 Å². The first-order chi connectivity index (χ1) is 16.0. The van der Waals surface area contributed by atoms with Crippen molar-refractivity contribution in [1.82, 2.24) is 14.8 Å². The second kappa shape index (κ2) is 10.4. The third kappa shape index (κ3) is 5.54. The molecule has 7 heteroatoms. The van der Waals surface area contributed by atoms with Crippen LogP contribution < -0.4 is 9.47 Å². The van der Waals surface area contributed by atoms with E-state index in [1.807, 2.05) is 56.0 Å². The Kier molecular flexibility index (Phi) is 7.30. The number of rotatable bonds is 7. The molecule has 0 saturated carbocycles. The molecule has 0 spiro atoms. The molecule has 3 aromatic rings. The zero-order valence-corrected chi connectivity index (χ0v) is 20.6. The van der Waals surface area contributed by atoms with Gasteiger partial charge in [-0.25, -0.2) is 4.98 Å². The number of benzene rings is 2. The van der Waals surface area contributed by atoms with Crippen LogP contribution in [-0.2, 0) is 6.54 Å². The van der Waals surface area contributed by atoms with Gasteiger partial charge < -0.3 is 14.4 Å². The fourth-order valence-electron chi connectivity index (χ4n) is 4.21. The van der Waals surface area contributed by atoms with Crippen LogP contribution in [0.25, 0.3) is 10.6 Å². The lowest BCUT2D eigenvalue weighted by Crippen LogP contribution is -2.48. The highest BCUT2D eigenvalue weighted by Gasteiger charge is 2.23. The van der Waals surface area contributed by atoms with Crippen molar-refractivity contribution in [3.05, 3.63) is 64.2 Å². The highest BCUT2D eigenvalue weighted by Crippen LogP contribution is 2.34. The number of thiazole rings is 1. The highest BCUT2D eigenvalue weighted by molar-refractivity contribution is 7.13. The topological polar surface area (TPSA) is 54.9 Å². The summed E-state index contributed by atoms with van der Waals surface area (Å²) in [5.74, 6) is 1.59. The van der Waals surface area contributed by atoms with Crippen LogP contribution in [0, 0.1) is 13.8 Å². The van der Waals surface area contributed by atoms with E-state index in [1.54, 1.807) is 18.4 Å². The normalized spacial score (nSPS) is 14.4. The van der Waals surface area contributed by atoms with Gasteiger partial charge in [0.1, 0.15) is 5.01 Å². The van der Waals surface area contributed by atoms with E-state index in [9.17, 15) is 4.79 Å². The Hall–Kier alpha value is -2.90. The predicted octanol–water partition coefficient (Wildman–Crippen LogP) is 4.79. The summed E-state index contributed by atoms with van der Waals surface area (Å²) < 4.78 is 11.1. The van der Waals surface area contributed by atoms with E-state index in [2.05, 4.69) is 16.3 Å². The van der Waals surface area contributed by atoms with Gasteiger partial charge in [-0.2, -0.15) is 0 Å². The van der Waals surface area contributed by atoms with E-state index in [-0.39, 0.29) is 5.91 Å². The first kappa shape index (κ1) is 23.3. The summed E-state index contributed by atoms with van der Waals surface area (Å²) in [6.45, 7) is 10.6. The summed E-state index contributed by atoms with van der Waals surface area (Å²) >= 11 is 1.64. The lowest BCUT2D eigenvalue weighted by atomic mass is 10.1. The molecule has 2 aromatic carbocycles. The minimum absolute atomic E-state index is 0.127. The standard InChI is InChI=1S/C26H31N3O3S/c1-5-32-23-7-6-20(15-24(23)31-4)25-27-22(17-33-25)16-28-8-10-29(11-9-28)26(30)21-13-18(2)12-19(3)14-21/h6-7,12-15,17H,5,8-11,16H2,1-4H3. The molecule has 6 nitrogen and oxygen atoms in total. The molecule has 174 valence electrons. The third-order valence-corrected chi connectivity index (χ3v) is 6.72. The second-order valence-electron chi connectivity index (χ2n) is 8.39. The summed E-state index contributed by atoms with van der Waals surface area (Å²) in [5.41, 5.74) is 5.12. The molecule has 1 fully saturated rings. The molecular weight excluding hydrogens is 434 g/mol. The average molecular weight is 466 g/mol. The van der Waals surface area contributed by atoms with Gasteiger partial charge in [-0.05, 0) is 51.1 Å². The van der Waals surface area contributed by atoms with Gasteiger partial charge in [-0.3, -0.25) is 9.69 Å². The number of amides is 1. The third-order valence-electron chi connectivity index (χ3n) is 5.78. The molecule has 0 atom stereocenters. The van der Waals surface area contributed by atoms with Gasteiger partial charge in [0.15, 0.2) is 11.5 Å². The van der Waals surface area contributed by atoms with Gasteiger partial charge >= 0.3 is 0 Å². The zero-order valence-electron chi connectivity index (χ0n) is 19.8. The SMILES string of the molecule is CCOc1ccc(-c2nc(CN3CCN(C(=O)c4cc(C)cc(C)c4)CC3)cs2)cc1OC. The predicted molar refractivity (Wildman–Crippen MR) is 132 cm³/mol. The fourth-order valence-corrected chi connectivity index (χ4v) is 5.01. The van der Waals surface area contributed by atoms with E-state index in [0.717, 1.165) is 77.2 Å². The Labute approximate surface area is 199 Å². The lowest BCUT2D eigenvalue weighted by Gasteiger charge is -2.34. The van der Waals surface area contributed by atoms with Gasteiger partial charge in [0.25, 0.3) is 5.91 Å². The molecule has 33 heavy (non-hydrogen) atoms. The number of methoxy groups -OCH3 is 1. The molecule has 0 aliphatic carbocycles. The van der Waals surface area contributed by atoms with Crippen LogP contribution in [0.2, 0.25) is 0 Å². The van der Waals surface area contributed by atoms with Crippen molar-refractivity contribution >= 4 is 17.2 Å². The molecule has 4 rings (SSSR count). The van der Waals surface area contributed by atoms with Crippen LogP contribution >= 0.6 is 11.3 Å². The van der Waals surface area contributed by atoms with Crippen LogP contribution in [-0.4, -0.2) is 60.6 Å². The molecule has 0 bridgehead atoms. The summed E-state index contributed by atoms with van der Waals surface area (Å²) in [6, 6.07) is 12.0. The van der Waals surface area contributed by atoms with Crippen molar-refractivity contribution in [1.29, 1.82) is 0 Å². The number of carbonyl (C=O) groups is 1. The van der Waals surface area contributed by atoms with Crippen molar-refractivity contribution in [2.45, 2.75) is 27.3 Å². The van der Waals surface area contributed by atoms with Crippen molar-refractivity contribution in [2.24, 2.45) is 0 Å². The van der Waals surface area contributed by atoms with E-state index >= 15 is 0 Å². The van der Waals surface area contributed by atoms with Gasteiger partial charge in [-0.1, -0.05) is 17.2 Å². The molecule has 1 aliphatic rings. The van der Waals surface area contributed by atoms with E-state index in [4.69, 9.17) is 14.5 Å². The highest BCUT2D eigenvalue weighted by atomic mass is 32.1. The summed E-state index contributed by atoms with van der Waals surface area (Å²) in [7, 11) is 1.65. The van der Waals surface area contributed by atoms with E-state index in [1.165, 1.54) is 0 Å². The zero-order chi connectivity index (χ0) is 23.4. The monoisotopic (exact) mass is 465 g/mol. The molecule has 1 amide bonds. The summed E-state index contributed by atoms with van der Waals surface area (Å²) in [4.78, 5) is 22.1. The van der Waals surface area contributed by atoms with Crippen molar-refractivity contribution in [3.8, 4) is 22.1 Å². The van der Waals surface area contributed by atoms with Crippen molar-refractivity contribution in [2.75, 3.05) is 39.9 Å². The number of carbonyl (C=O) groups excluding carboxylic acids is 1. The molecule has 1 aliphatic heterocycles. The quantitative estimate of drug-likeness (QED) is 0.502. The van der Waals surface area contributed by atoms with Crippen molar-refractivity contribution in [3.63, 3.8) is 0 Å². The average Bonchev–Trinajstić information content (AvgIpc) is 3.27.